The van der Waals surface area contributed by atoms with Gasteiger partial charge in [-0.2, -0.15) is 13.2 Å². The molecule has 1 unspecified atom stereocenters. The Labute approximate surface area is 107 Å². The van der Waals surface area contributed by atoms with Crippen molar-refractivity contribution in [3.63, 3.8) is 0 Å². The summed E-state index contributed by atoms with van der Waals surface area (Å²) in [6.07, 6.45) is -6.06. The summed E-state index contributed by atoms with van der Waals surface area (Å²) in [4.78, 5) is 10.7. The molecule has 4 nitrogen and oxygen atoms in total. The highest BCUT2D eigenvalue weighted by molar-refractivity contribution is 5.69. The van der Waals surface area contributed by atoms with Gasteiger partial charge < -0.3 is 14.6 Å². The van der Waals surface area contributed by atoms with E-state index >= 15 is 0 Å². The summed E-state index contributed by atoms with van der Waals surface area (Å²) in [6.45, 7) is 0. The number of hydrogen-bond acceptors (Lipinski definition) is 3. The zero-order valence-corrected chi connectivity index (χ0v) is 10.3. The van der Waals surface area contributed by atoms with Crippen molar-refractivity contribution >= 4 is 5.97 Å². The lowest BCUT2D eigenvalue weighted by atomic mass is 9.89. The second-order valence-corrected chi connectivity index (χ2v) is 3.83. The van der Waals surface area contributed by atoms with Crippen molar-refractivity contribution in [2.24, 2.45) is 0 Å². The highest BCUT2D eigenvalue weighted by Gasteiger charge is 2.58. The Balaban J connectivity index is 3.32. The summed E-state index contributed by atoms with van der Waals surface area (Å²) in [5.74, 6) is -1.23. The summed E-state index contributed by atoms with van der Waals surface area (Å²) >= 11 is 0. The normalized spacial score (nSPS) is 14.8. The van der Waals surface area contributed by atoms with Gasteiger partial charge in [0.05, 0.1) is 13.5 Å². The summed E-state index contributed by atoms with van der Waals surface area (Å²) in [5.41, 5.74) is -3.16. The molecule has 106 valence electrons. The van der Waals surface area contributed by atoms with Gasteiger partial charge in [0.2, 0.25) is 0 Å². The fraction of sp³-hybridized carbons (Fsp3) is 0.417. The van der Waals surface area contributed by atoms with Gasteiger partial charge in [0.25, 0.3) is 0 Å². The number of rotatable bonds is 5. The van der Waals surface area contributed by atoms with Crippen molar-refractivity contribution in [3.05, 3.63) is 29.8 Å². The maximum atomic E-state index is 13.2. The van der Waals surface area contributed by atoms with Crippen LogP contribution < -0.4 is 4.74 Å². The molecule has 0 spiro atoms. The fourth-order valence-electron chi connectivity index (χ4n) is 1.74. The van der Waals surface area contributed by atoms with Gasteiger partial charge in [-0.1, -0.05) is 12.1 Å². The van der Waals surface area contributed by atoms with E-state index in [9.17, 15) is 18.0 Å². The number of carboxylic acid groups (broad SMARTS) is 1. The number of ether oxygens (including phenoxy) is 2. The molecule has 1 rings (SSSR count). The van der Waals surface area contributed by atoms with E-state index in [-0.39, 0.29) is 5.56 Å². The average Bonchev–Trinajstić information content (AvgIpc) is 2.34. The Morgan fingerprint density at radius 2 is 1.74 bits per heavy atom. The number of alkyl halides is 3. The Hall–Kier alpha value is -1.76. The molecule has 0 amide bonds. The molecule has 0 aliphatic carbocycles. The number of methoxy groups -OCH3 is 2. The molecule has 7 heteroatoms. The first-order chi connectivity index (χ1) is 8.76. The smallest absolute Gasteiger partial charge is 0.422 e. The van der Waals surface area contributed by atoms with Crippen molar-refractivity contribution in [2.75, 3.05) is 14.2 Å². The number of hydrogen-bond donors (Lipinski definition) is 1. The van der Waals surface area contributed by atoms with Crippen molar-refractivity contribution < 1.29 is 32.5 Å². The molecule has 0 heterocycles. The maximum Gasteiger partial charge on any atom is 0.422 e. The van der Waals surface area contributed by atoms with Crippen LogP contribution in [-0.4, -0.2) is 31.5 Å². The average molecular weight is 278 g/mol. The predicted octanol–water partition coefficient (Wildman–Crippen LogP) is 2.57. The number of carboxylic acids is 1. The van der Waals surface area contributed by atoms with Crippen LogP contribution in [0.15, 0.2) is 24.3 Å². The molecule has 1 N–H and O–H groups in total. The molecule has 0 aliphatic heterocycles. The summed E-state index contributed by atoms with van der Waals surface area (Å²) in [5, 5.41) is 8.70. The minimum atomic E-state index is -4.85. The van der Waals surface area contributed by atoms with Gasteiger partial charge in [0.1, 0.15) is 5.75 Å². The second kappa shape index (κ2) is 5.48. The van der Waals surface area contributed by atoms with Crippen LogP contribution in [0.5, 0.6) is 5.75 Å². The Morgan fingerprint density at radius 1 is 1.21 bits per heavy atom. The molecule has 1 atom stereocenters. The first kappa shape index (κ1) is 15.3. The fourth-order valence-corrected chi connectivity index (χ4v) is 1.74. The van der Waals surface area contributed by atoms with Crippen LogP contribution in [0.2, 0.25) is 0 Å². The van der Waals surface area contributed by atoms with E-state index in [4.69, 9.17) is 9.84 Å². The van der Waals surface area contributed by atoms with E-state index in [1.165, 1.54) is 19.2 Å². The van der Waals surface area contributed by atoms with Crippen LogP contribution in [0.4, 0.5) is 13.2 Å². The highest BCUT2D eigenvalue weighted by Crippen LogP contribution is 2.44. The molecule has 0 radical (unpaired) electrons. The third-order valence-corrected chi connectivity index (χ3v) is 2.76. The molecule has 0 bridgehead atoms. The van der Waals surface area contributed by atoms with Gasteiger partial charge in [-0.25, -0.2) is 0 Å². The molecule has 19 heavy (non-hydrogen) atoms. The van der Waals surface area contributed by atoms with Crippen LogP contribution in [0.3, 0.4) is 0 Å². The standard InChI is InChI=1S/C12H13F3O4/c1-18-9-5-3-8(4-6-9)11(19-2,7-10(16)17)12(13,14)15/h3-6H,7H2,1-2H3,(H,16,17). The molecular weight excluding hydrogens is 265 g/mol. The van der Waals surface area contributed by atoms with Crippen LogP contribution in [-0.2, 0) is 15.1 Å². The van der Waals surface area contributed by atoms with E-state index in [2.05, 4.69) is 4.74 Å². The van der Waals surface area contributed by atoms with Crippen molar-refractivity contribution in [3.8, 4) is 5.75 Å². The molecule has 0 saturated heterocycles. The van der Waals surface area contributed by atoms with Gasteiger partial charge >= 0.3 is 12.1 Å². The Bertz CT molecular complexity index is 441. The minimum absolute atomic E-state index is 0.286. The molecule has 0 aromatic heterocycles. The first-order valence-electron chi connectivity index (χ1n) is 5.25. The monoisotopic (exact) mass is 278 g/mol. The number of benzene rings is 1. The van der Waals surface area contributed by atoms with Gasteiger partial charge in [0.15, 0.2) is 5.60 Å². The van der Waals surface area contributed by atoms with Gasteiger partial charge in [-0.15, -0.1) is 0 Å². The molecule has 1 aromatic carbocycles. The maximum absolute atomic E-state index is 13.2. The number of aliphatic carboxylic acids is 1. The van der Waals surface area contributed by atoms with Gasteiger partial charge in [0, 0.05) is 7.11 Å². The van der Waals surface area contributed by atoms with Crippen LogP contribution >= 0.6 is 0 Å². The van der Waals surface area contributed by atoms with Gasteiger partial charge in [-0.05, 0) is 17.7 Å². The van der Waals surface area contributed by atoms with Crippen LogP contribution in [0.1, 0.15) is 12.0 Å². The van der Waals surface area contributed by atoms with E-state index in [1.807, 2.05) is 0 Å². The molecule has 0 fully saturated rings. The molecular formula is C12H13F3O4. The lowest BCUT2D eigenvalue weighted by molar-refractivity contribution is -0.279. The minimum Gasteiger partial charge on any atom is -0.497 e. The summed E-state index contributed by atoms with van der Waals surface area (Å²) < 4.78 is 48.9. The molecule has 1 aromatic rings. The summed E-state index contributed by atoms with van der Waals surface area (Å²) in [7, 11) is 2.21. The molecule has 0 saturated carbocycles. The van der Waals surface area contributed by atoms with Crippen molar-refractivity contribution in [1.82, 2.24) is 0 Å². The van der Waals surface area contributed by atoms with Gasteiger partial charge in [-0.3, -0.25) is 4.79 Å². The second-order valence-electron chi connectivity index (χ2n) is 3.83. The zero-order chi connectivity index (χ0) is 14.7. The lowest BCUT2D eigenvalue weighted by Crippen LogP contribution is -2.45. The Morgan fingerprint density at radius 3 is 2.05 bits per heavy atom. The topological polar surface area (TPSA) is 55.8 Å². The first-order valence-corrected chi connectivity index (χ1v) is 5.25. The summed E-state index contributed by atoms with van der Waals surface area (Å²) in [6, 6.07) is 4.91. The van der Waals surface area contributed by atoms with E-state index in [1.54, 1.807) is 0 Å². The number of carbonyl (C=O) groups is 1. The largest absolute Gasteiger partial charge is 0.497 e. The Kier molecular flexibility index (Phi) is 4.41. The number of halogens is 3. The van der Waals surface area contributed by atoms with E-state index in [0.717, 1.165) is 19.2 Å². The van der Waals surface area contributed by atoms with Crippen molar-refractivity contribution in [1.29, 1.82) is 0 Å². The quantitative estimate of drug-likeness (QED) is 0.899. The molecule has 0 aliphatic rings. The van der Waals surface area contributed by atoms with Crippen LogP contribution in [0, 0.1) is 0 Å². The van der Waals surface area contributed by atoms with E-state index in [0.29, 0.717) is 5.75 Å². The van der Waals surface area contributed by atoms with Crippen molar-refractivity contribution in [2.45, 2.75) is 18.2 Å². The van der Waals surface area contributed by atoms with E-state index < -0.39 is 24.2 Å². The third kappa shape index (κ3) is 2.98. The third-order valence-electron chi connectivity index (χ3n) is 2.76. The SMILES string of the molecule is COc1ccc(C(CC(=O)O)(OC)C(F)(F)F)cc1. The zero-order valence-electron chi connectivity index (χ0n) is 10.3. The predicted molar refractivity (Wildman–Crippen MR) is 60.0 cm³/mol. The van der Waals surface area contributed by atoms with Crippen LogP contribution in [0.25, 0.3) is 0 Å². The lowest BCUT2D eigenvalue weighted by Gasteiger charge is -2.33. The highest BCUT2D eigenvalue weighted by atomic mass is 19.4.